The molecule has 0 aliphatic carbocycles. The van der Waals surface area contributed by atoms with Crippen LogP contribution in [0.15, 0.2) is 0 Å². The number of hydrogen-bond donors (Lipinski definition) is 3. The van der Waals surface area contributed by atoms with Crippen molar-refractivity contribution in [2.75, 3.05) is 18.5 Å². The summed E-state index contributed by atoms with van der Waals surface area (Å²) in [5, 5.41) is 24.4. The number of anilines is 1. The van der Waals surface area contributed by atoms with Gasteiger partial charge < -0.3 is 30.4 Å². The van der Waals surface area contributed by atoms with Crippen LogP contribution in [0.3, 0.4) is 0 Å². The first-order chi connectivity index (χ1) is 10.8. The number of aromatic carboxylic acids is 1. The fraction of sp³-hybridized carbons (Fsp3) is 0.385. The molecule has 3 N–H and O–H groups in total. The number of amides is 2. The van der Waals surface area contributed by atoms with E-state index in [9.17, 15) is 29.4 Å². The number of carboxylic acid groups (broad SMARTS) is 2. The van der Waals surface area contributed by atoms with Gasteiger partial charge in [-0.25, -0.2) is 4.79 Å². The maximum absolute atomic E-state index is 11.5. The predicted molar refractivity (Wildman–Crippen MR) is 76.0 cm³/mol. The first kappa shape index (κ1) is 20.6. The Morgan fingerprint density at radius 3 is 2.58 bits per heavy atom. The summed E-state index contributed by atoms with van der Waals surface area (Å²) in [5.41, 5.74) is 0.313. The zero-order valence-electron chi connectivity index (χ0n) is 13.0. The van der Waals surface area contributed by atoms with Crippen LogP contribution in [0.25, 0.3) is 0 Å². The van der Waals surface area contributed by atoms with E-state index >= 15 is 0 Å². The van der Waals surface area contributed by atoms with E-state index in [2.05, 4.69) is 5.32 Å². The van der Waals surface area contributed by atoms with Gasteiger partial charge in [0.2, 0.25) is 5.91 Å². The Morgan fingerprint density at radius 2 is 2.04 bits per heavy atom. The third kappa shape index (κ3) is 4.54. The summed E-state index contributed by atoms with van der Waals surface area (Å²) in [5.74, 6) is -4.93. The van der Waals surface area contributed by atoms with Gasteiger partial charge in [-0.3, -0.25) is 9.59 Å². The smallest absolute Gasteiger partial charge is 0.540 e. The molecule has 1 aromatic rings. The molecule has 124 valence electrons. The molecule has 0 saturated carbocycles. The second-order valence-corrected chi connectivity index (χ2v) is 5.79. The molecule has 1 aliphatic rings. The summed E-state index contributed by atoms with van der Waals surface area (Å²) in [4.78, 5) is 44.8. The summed E-state index contributed by atoms with van der Waals surface area (Å²) in [6.45, 7) is 1.74. The van der Waals surface area contributed by atoms with Gasteiger partial charge in [-0.15, -0.1) is 11.3 Å². The molecule has 1 aliphatic heterocycles. The number of carboxylic acids is 2. The zero-order valence-corrected chi connectivity index (χ0v) is 15.8. The largest absolute Gasteiger partial charge is 1.00 e. The number of ether oxygens (including phenoxy) is 1. The van der Waals surface area contributed by atoms with Crippen molar-refractivity contribution in [3.05, 3.63) is 16.0 Å². The molecule has 0 spiro atoms. The second-order valence-electron chi connectivity index (χ2n) is 4.74. The van der Waals surface area contributed by atoms with Gasteiger partial charge >= 0.3 is 35.5 Å². The van der Waals surface area contributed by atoms with E-state index < -0.39 is 23.9 Å². The fourth-order valence-corrected chi connectivity index (χ4v) is 3.51. The average molecular weight is 364 g/mol. The monoisotopic (exact) mass is 364 g/mol. The van der Waals surface area contributed by atoms with Crippen molar-refractivity contribution in [1.29, 1.82) is 0 Å². The van der Waals surface area contributed by atoms with E-state index in [1.54, 1.807) is 0 Å². The number of rotatable bonds is 4. The SMILES string of the molecule is CC(=O)NCC1OCCc2c1sc(NC(=O)C(=O)[O-])c2C(=O)O.[Na+]. The molecular formula is C13H13N2NaO7S. The van der Waals surface area contributed by atoms with Crippen LogP contribution in [-0.2, 0) is 25.5 Å². The number of carbonyl (C=O) groups is 4. The quantitative estimate of drug-likeness (QED) is 0.364. The molecule has 11 heteroatoms. The number of hydrogen-bond acceptors (Lipinski definition) is 7. The molecule has 0 aromatic carbocycles. The van der Waals surface area contributed by atoms with E-state index in [1.165, 1.54) is 6.92 Å². The first-order valence-electron chi connectivity index (χ1n) is 6.58. The third-order valence-electron chi connectivity index (χ3n) is 3.16. The second kappa shape index (κ2) is 8.58. The van der Waals surface area contributed by atoms with Crippen LogP contribution in [0, 0.1) is 0 Å². The Kier molecular flexibility index (Phi) is 7.36. The van der Waals surface area contributed by atoms with E-state index in [1.807, 2.05) is 5.32 Å². The summed E-state index contributed by atoms with van der Waals surface area (Å²) >= 11 is 0.916. The molecule has 0 radical (unpaired) electrons. The van der Waals surface area contributed by atoms with Gasteiger partial charge in [0.05, 0.1) is 12.2 Å². The molecule has 1 unspecified atom stereocenters. The molecule has 2 amide bonds. The molecule has 9 nitrogen and oxygen atoms in total. The third-order valence-corrected chi connectivity index (χ3v) is 4.40. The normalized spacial score (nSPS) is 15.6. The van der Waals surface area contributed by atoms with E-state index in [-0.39, 0.29) is 59.2 Å². The summed E-state index contributed by atoms with van der Waals surface area (Å²) in [6, 6.07) is 0. The van der Waals surface area contributed by atoms with Gasteiger partial charge in [0, 0.05) is 18.3 Å². The van der Waals surface area contributed by atoms with E-state index in [0.717, 1.165) is 11.3 Å². The van der Waals surface area contributed by atoms with Crippen LogP contribution in [0.4, 0.5) is 5.00 Å². The Balaban J connectivity index is 0.00000288. The summed E-state index contributed by atoms with van der Waals surface area (Å²) in [6.07, 6.45) is -0.245. The van der Waals surface area contributed by atoms with E-state index in [0.29, 0.717) is 16.9 Å². The van der Waals surface area contributed by atoms with Crippen molar-refractivity contribution in [3.8, 4) is 0 Å². The Morgan fingerprint density at radius 1 is 1.38 bits per heavy atom. The Bertz CT molecular complexity index is 688. The van der Waals surface area contributed by atoms with Crippen molar-refractivity contribution in [2.45, 2.75) is 19.4 Å². The molecule has 1 aromatic heterocycles. The minimum atomic E-state index is -1.96. The molecule has 24 heavy (non-hydrogen) atoms. The summed E-state index contributed by atoms with van der Waals surface area (Å²) in [7, 11) is 0. The van der Waals surface area contributed by atoms with Crippen molar-refractivity contribution >= 4 is 40.1 Å². The molecule has 2 rings (SSSR count). The fourth-order valence-electron chi connectivity index (χ4n) is 2.23. The van der Waals surface area contributed by atoms with Gasteiger partial charge in [0.25, 0.3) is 5.91 Å². The van der Waals surface area contributed by atoms with Gasteiger partial charge in [0.15, 0.2) is 0 Å². The molecule has 0 fully saturated rings. The van der Waals surface area contributed by atoms with Crippen LogP contribution < -0.4 is 45.3 Å². The minimum absolute atomic E-state index is 0. The van der Waals surface area contributed by atoms with Gasteiger partial charge in [-0.05, 0) is 12.0 Å². The molecular weight excluding hydrogens is 351 g/mol. The Hall–Kier alpha value is -1.46. The average Bonchev–Trinajstić information content (AvgIpc) is 2.83. The zero-order chi connectivity index (χ0) is 17.1. The van der Waals surface area contributed by atoms with E-state index in [4.69, 9.17) is 4.74 Å². The molecule has 0 bridgehead atoms. The predicted octanol–water partition coefficient (Wildman–Crippen LogP) is -4.11. The number of nitrogens with one attached hydrogen (secondary N) is 2. The topological polar surface area (TPSA) is 145 Å². The van der Waals surface area contributed by atoms with Gasteiger partial charge in [-0.2, -0.15) is 0 Å². The first-order valence-corrected chi connectivity index (χ1v) is 7.40. The Labute approximate surface area is 162 Å². The van der Waals surface area contributed by atoms with Crippen molar-refractivity contribution < 1.29 is 63.7 Å². The van der Waals surface area contributed by atoms with Crippen molar-refractivity contribution in [1.82, 2.24) is 5.32 Å². The minimum Gasteiger partial charge on any atom is -0.540 e. The molecule has 2 heterocycles. The molecule has 1 atom stereocenters. The maximum atomic E-state index is 11.5. The van der Waals surface area contributed by atoms with Crippen LogP contribution >= 0.6 is 11.3 Å². The van der Waals surface area contributed by atoms with Crippen molar-refractivity contribution in [3.63, 3.8) is 0 Å². The number of fused-ring (bicyclic) bond motifs is 1. The maximum Gasteiger partial charge on any atom is 1.00 e. The summed E-state index contributed by atoms with van der Waals surface area (Å²) < 4.78 is 5.52. The number of carbonyl (C=O) groups excluding carboxylic acids is 3. The number of thiophene rings is 1. The van der Waals surface area contributed by atoms with Crippen LogP contribution in [0.2, 0.25) is 0 Å². The number of aliphatic carboxylic acids is 1. The van der Waals surface area contributed by atoms with Crippen molar-refractivity contribution in [2.24, 2.45) is 0 Å². The van der Waals surface area contributed by atoms with Crippen LogP contribution in [-0.4, -0.2) is 42.0 Å². The molecule has 0 saturated heterocycles. The van der Waals surface area contributed by atoms with Gasteiger partial charge in [-0.1, -0.05) is 0 Å². The van der Waals surface area contributed by atoms with Gasteiger partial charge in [0.1, 0.15) is 17.1 Å². The van der Waals surface area contributed by atoms with Crippen LogP contribution in [0.5, 0.6) is 0 Å². The van der Waals surface area contributed by atoms with Crippen LogP contribution in [0.1, 0.15) is 33.8 Å². The standard InChI is InChI=1S/C13H14N2O7S.Na/c1-5(16)14-4-7-9-6(2-3-22-7)8(12(18)19)11(23-9)15-10(17)13(20)21;/h7H,2-4H2,1H3,(H,14,16)(H,15,17)(H,18,19)(H,20,21);/q;+1/p-1.